The number of halogens is 1. The average molecular weight is 1060 g/mol. The summed E-state index contributed by atoms with van der Waals surface area (Å²) in [4.78, 5) is 124. The van der Waals surface area contributed by atoms with Gasteiger partial charge in [-0.05, 0) is 73.2 Å². The third kappa shape index (κ3) is 19.0. The van der Waals surface area contributed by atoms with Crippen LogP contribution >= 0.6 is 0 Å². The van der Waals surface area contributed by atoms with Crippen LogP contribution in [0.3, 0.4) is 0 Å². The van der Waals surface area contributed by atoms with Crippen LogP contribution in [0, 0.1) is 5.82 Å². The third-order valence-electron chi connectivity index (χ3n) is 12.3. The highest BCUT2D eigenvalue weighted by Gasteiger charge is 2.36. The van der Waals surface area contributed by atoms with Crippen molar-refractivity contribution in [3.05, 3.63) is 143 Å². The van der Waals surface area contributed by atoms with Crippen LogP contribution in [0.4, 0.5) is 4.39 Å². The van der Waals surface area contributed by atoms with Crippen molar-refractivity contribution >= 4 is 64.1 Å². The molecule has 5 aromatic rings. The number of carbonyl (C=O) groups is 9. The van der Waals surface area contributed by atoms with Crippen molar-refractivity contribution in [2.75, 3.05) is 13.1 Å². The molecule has 8 atom stereocenters. The van der Waals surface area contributed by atoms with Gasteiger partial charge in [-0.3, -0.25) is 43.2 Å². The Labute approximate surface area is 443 Å². The molecule has 23 heteroatoms. The van der Waals surface area contributed by atoms with Gasteiger partial charge in [0.15, 0.2) is 0 Å². The minimum absolute atomic E-state index is 0.0690. The molecule has 77 heavy (non-hydrogen) atoms. The first-order valence-electron chi connectivity index (χ1n) is 24.9. The van der Waals surface area contributed by atoms with Crippen molar-refractivity contribution in [1.82, 2.24) is 42.2 Å². The quantitative estimate of drug-likeness (QED) is 0.0256. The molecule has 0 aliphatic rings. The summed E-state index contributed by atoms with van der Waals surface area (Å²) in [6.45, 7) is 0.654. The fourth-order valence-electron chi connectivity index (χ4n) is 8.30. The number of primary amides is 1. The number of nitrogens with two attached hydrogens (primary N) is 3. The Bertz CT molecular complexity index is 2820. The van der Waals surface area contributed by atoms with Crippen molar-refractivity contribution in [2.45, 2.75) is 107 Å². The second-order valence-electron chi connectivity index (χ2n) is 18.5. The number of fused-ring (bicyclic) bond motifs is 1. The summed E-state index contributed by atoms with van der Waals surface area (Å²) in [5.74, 6) is -9.15. The zero-order valence-electron chi connectivity index (χ0n) is 42.3. The number of aliphatic carboxylic acids is 1. The second kappa shape index (κ2) is 29.5. The van der Waals surface area contributed by atoms with Crippen LogP contribution in [-0.4, -0.2) is 130 Å². The Morgan fingerprint density at radius 3 is 1.52 bits per heavy atom. The first-order valence-corrected chi connectivity index (χ1v) is 24.9. The van der Waals surface area contributed by atoms with E-state index in [4.69, 9.17) is 17.2 Å². The molecule has 0 radical (unpaired) electrons. The van der Waals surface area contributed by atoms with E-state index in [1.807, 2.05) is 0 Å². The highest BCUT2D eigenvalue weighted by Crippen LogP contribution is 2.21. The van der Waals surface area contributed by atoms with Gasteiger partial charge in [0.05, 0.1) is 18.6 Å². The number of rotatable bonds is 30. The number of unbranched alkanes of at least 4 members (excludes halogenated alkanes) is 1. The number of hydrogen-bond acceptors (Lipinski definition) is 12. The van der Waals surface area contributed by atoms with Crippen LogP contribution in [0.15, 0.2) is 115 Å². The second-order valence-corrected chi connectivity index (χ2v) is 18.5. The normalized spacial score (nSPS) is 14.2. The molecule has 4 aromatic carbocycles. The van der Waals surface area contributed by atoms with E-state index in [2.05, 4.69) is 42.2 Å². The van der Waals surface area contributed by atoms with Crippen molar-refractivity contribution in [3.63, 3.8) is 0 Å². The fourth-order valence-corrected chi connectivity index (χ4v) is 8.30. The van der Waals surface area contributed by atoms with Crippen molar-refractivity contribution < 1.29 is 57.8 Å². The van der Waals surface area contributed by atoms with E-state index < -0.39 is 120 Å². The van der Waals surface area contributed by atoms with E-state index in [0.717, 1.165) is 0 Å². The molecular formula is C54H66FN11O11. The third-order valence-corrected chi connectivity index (χ3v) is 12.3. The first-order chi connectivity index (χ1) is 36.8. The van der Waals surface area contributed by atoms with E-state index in [0.29, 0.717) is 39.6 Å². The number of hydrogen-bond donors (Lipinski definition) is 13. The van der Waals surface area contributed by atoms with E-state index in [1.54, 1.807) is 91.0 Å². The van der Waals surface area contributed by atoms with Crippen LogP contribution in [0.5, 0.6) is 0 Å². The van der Waals surface area contributed by atoms with Crippen LogP contribution in [-0.2, 0) is 68.8 Å². The van der Waals surface area contributed by atoms with Crippen molar-refractivity contribution in [1.29, 1.82) is 0 Å². The van der Waals surface area contributed by atoms with E-state index in [1.165, 1.54) is 31.3 Å². The van der Waals surface area contributed by atoms with Gasteiger partial charge in [0, 0.05) is 42.8 Å². The lowest BCUT2D eigenvalue weighted by Crippen LogP contribution is -2.62. The summed E-state index contributed by atoms with van der Waals surface area (Å²) in [5.41, 5.74) is 19.7. The Morgan fingerprint density at radius 1 is 0.584 bits per heavy atom. The summed E-state index contributed by atoms with van der Waals surface area (Å²) in [5, 5.41) is 38.3. The van der Waals surface area contributed by atoms with Gasteiger partial charge >= 0.3 is 5.97 Å². The molecule has 0 fully saturated rings. The number of carboxylic acid groups (broad SMARTS) is 1. The maximum absolute atomic E-state index is 14.8. The minimum Gasteiger partial charge on any atom is -0.480 e. The summed E-state index contributed by atoms with van der Waals surface area (Å²) < 4.78 is 14.7. The number of aromatic amines is 1. The average Bonchev–Trinajstić information content (AvgIpc) is 3.79. The molecule has 1 heterocycles. The Hall–Kier alpha value is -8.54. The van der Waals surface area contributed by atoms with Crippen LogP contribution < -0.4 is 54.4 Å². The summed E-state index contributed by atoms with van der Waals surface area (Å²) >= 11 is 0. The number of aliphatic hydroxyl groups excluding tert-OH is 1. The molecule has 0 aliphatic carbocycles. The molecule has 5 rings (SSSR count). The Balaban J connectivity index is 1.46. The van der Waals surface area contributed by atoms with Crippen molar-refractivity contribution in [3.8, 4) is 0 Å². The maximum atomic E-state index is 14.8. The monoisotopic (exact) mass is 1060 g/mol. The fraction of sp³-hybridized carbons (Fsp3) is 0.352. The lowest BCUT2D eigenvalue weighted by atomic mass is 10.00. The topological polar surface area (TPSA) is 372 Å². The molecule has 0 aliphatic heterocycles. The number of H-pyrrole nitrogens is 1. The summed E-state index contributed by atoms with van der Waals surface area (Å²) in [6.07, 6.45) is -0.624. The number of amides is 8. The Kier molecular flexibility index (Phi) is 22.8. The lowest BCUT2D eigenvalue weighted by molar-refractivity contribution is -0.139. The molecule has 16 N–H and O–H groups in total. The van der Waals surface area contributed by atoms with Crippen LogP contribution in [0.1, 0.15) is 54.9 Å². The van der Waals surface area contributed by atoms with Gasteiger partial charge < -0.3 is 69.6 Å². The molecule has 22 nitrogen and oxygen atoms in total. The predicted octanol–water partition coefficient (Wildman–Crippen LogP) is -0.600. The maximum Gasteiger partial charge on any atom is 0.322 e. The summed E-state index contributed by atoms with van der Waals surface area (Å²) in [6, 6.07) is 19.3. The van der Waals surface area contributed by atoms with Gasteiger partial charge in [-0.15, -0.1) is 0 Å². The lowest BCUT2D eigenvalue weighted by Gasteiger charge is -2.28. The standard InChI is InChI=1S/C54H66FN11O11/c1-31(67)47(54(77)65-41(49(72)60-30-46(69)70)23-32-13-5-2-6-14-32)66-50(73)40(19-11-12-22-56)61-53(76)44(26-35-29-59-39-21-20-36(55)27-37(35)39)64-52(75)43(25-34-17-9-4-10-18-34)63-51(74)42(24-33-15-7-3-8-16-33)62-48(71)38(57)28-45(58)68/h2-10,13-18,20-21,27,29,31,38,40-44,47,59,67H,11-12,19,22-26,28,30,56-57H2,1H3,(H2,58,68)(H,60,72)(H,61,76)(H,62,71)(H,63,74)(H,64,75)(H,65,77)(H,66,73)(H,69,70)/t31-,38+,40+,41+,42+,43+,44-,47+/m1/s1. The van der Waals surface area contributed by atoms with E-state index in [-0.39, 0.29) is 45.1 Å². The Morgan fingerprint density at radius 2 is 1.04 bits per heavy atom. The largest absolute Gasteiger partial charge is 0.480 e. The first kappa shape index (κ1) is 59.3. The van der Waals surface area contributed by atoms with Gasteiger partial charge in [-0.2, -0.15) is 0 Å². The SMILES string of the molecule is C[C@@H](O)[C@H](NC(=O)[C@H](CCCCN)NC(=O)[C@@H](Cc1c[nH]c2ccc(F)cc12)NC(=O)[C@H](Cc1ccccc1)NC(=O)[C@H](Cc1ccccc1)NC(=O)[C@@H](N)CC(N)=O)C(=O)N[C@@H](Cc1ccccc1)C(=O)NCC(=O)O. The number of carboxylic acids is 1. The minimum atomic E-state index is -1.73. The molecular weight excluding hydrogens is 998 g/mol. The number of carbonyl (C=O) groups excluding carboxylic acids is 8. The highest BCUT2D eigenvalue weighted by molar-refractivity contribution is 5.98. The van der Waals surface area contributed by atoms with Gasteiger partial charge in [0.2, 0.25) is 47.3 Å². The highest BCUT2D eigenvalue weighted by atomic mass is 19.1. The molecule has 0 spiro atoms. The molecule has 8 amide bonds. The van der Waals surface area contributed by atoms with Gasteiger partial charge in [0.25, 0.3) is 0 Å². The smallest absolute Gasteiger partial charge is 0.322 e. The molecule has 0 unspecified atom stereocenters. The van der Waals surface area contributed by atoms with Gasteiger partial charge in [-0.25, -0.2) is 4.39 Å². The molecule has 410 valence electrons. The molecule has 0 saturated heterocycles. The number of benzene rings is 4. The number of aromatic nitrogens is 1. The van der Waals surface area contributed by atoms with E-state index >= 15 is 0 Å². The van der Waals surface area contributed by atoms with Crippen LogP contribution in [0.25, 0.3) is 10.9 Å². The predicted molar refractivity (Wildman–Crippen MR) is 281 cm³/mol. The molecule has 0 saturated carbocycles. The summed E-state index contributed by atoms with van der Waals surface area (Å²) in [7, 11) is 0. The van der Waals surface area contributed by atoms with Crippen molar-refractivity contribution in [2.24, 2.45) is 17.2 Å². The molecule has 1 aromatic heterocycles. The molecule has 0 bridgehead atoms. The zero-order chi connectivity index (χ0) is 56.0. The van der Waals surface area contributed by atoms with Crippen LogP contribution in [0.2, 0.25) is 0 Å². The zero-order valence-corrected chi connectivity index (χ0v) is 42.3. The van der Waals surface area contributed by atoms with Gasteiger partial charge in [-0.1, -0.05) is 91.0 Å². The number of aliphatic hydroxyl groups is 1. The van der Waals surface area contributed by atoms with E-state index in [9.17, 15) is 57.8 Å². The van der Waals surface area contributed by atoms with Gasteiger partial charge in [0.1, 0.15) is 48.6 Å². The number of nitrogens with one attached hydrogen (secondary N) is 8.